The van der Waals surface area contributed by atoms with Crippen LogP contribution in [-0.2, 0) is 6.54 Å². The molecule has 13 rings (SSSR count). The van der Waals surface area contributed by atoms with Crippen molar-refractivity contribution in [3.05, 3.63) is 212 Å². The molecule has 15 nitrogen and oxygen atoms in total. The number of benzene rings is 3. The van der Waals surface area contributed by atoms with Crippen LogP contribution < -0.4 is 5.32 Å². The molecule has 1 fully saturated rings. The summed E-state index contributed by atoms with van der Waals surface area (Å²) >= 11 is 0. The Morgan fingerprint density at radius 1 is 0.613 bits per heavy atom. The molecular formula is C63H55F2N15. The van der Waals surface area contributed by atoms with E-state index >= 15 is 0 Å². The third-order valence-corrected chi connectivity index (χ3v) is 13.6. The van der Waals surface area contributed by atoms with Crippen molar-refractivity contribution in [1.29, 1.82) is 0 Å². The number of halogens is 2. The Bertz CT molecular complexity index is 4240. The van der Waals surface area contributed by atoms with Crippen molar-refractivity contribution in [2.45, 2.75) is 40.2 Å². The Morgan fingerprint density at radius 3 is 1.75 bits per heavy atom. The molecule has 10 heterocycles. The van der Waals surface area contributed by atoms with Gasteiger partial charge < -0.3 is 15.3 Å². The molecule has 0 atom stereocenters. The Balaban J connectivity index is 0.000000164. The van der Waals surface area contributed by atoms with Gasteiger partial charge in [0.2, 0.25) is 0 Å². The molecule has 80 heavy (non-hydrogen) atoms. The summed E-state index contributed by atoms with van der Waals surface area (Å²) in [5.41, 5.74) is 17.6. The molecule has 0 unspecified atom stereocenters. The van der Waals surface area contributed by atoms with Crippen LogP contribution in [0.5, 0.6) is 0 Å². The lowest BCUT2D eigenvalue weighted by Gasteiger charge is -2.14. The van der Waals surface area contributed by atoms with Crippen molar-refractivity contribution >= 4 is 55.4 Å². The number of nitrogens with one attached hydrogen (secondary N) is 5. The molecule has 9 aromatic heterocycles. The topological polar surface area (TPSA) is 194 Å². The number of likely N-dealkylation sites (tertiary alicyclic amines) is 1. The fraction of sp³-hybridized carbons (Fsp3) is 0.127. The quantitative estimate of drug-likeness (QED) is 0.0690. The highest BCUT2D eigenvalue weighted by Crippen LogP contribution is 2.34. The molecule has 396 valence electrons. The minimum absolute atomic E-state index is 0.284. The number of hydrogen-bond donors (Lipinski definition) is 5. The van der Waals surface area contributed by atoms with Crippen LogP contribution in [0, 0.1) is 11.6 Å². The van der Waals surface area contributed by atoms with Gasteiger partial charge in [0.05, 0.1) is 56.9 Å². The summed E-state index contributed by atoms with van der Waals surface area (Å²) in [7, 11) is 0. The van der Waals surface area contributed by atoms with Crippen molar-refractivity contribution in [1.82, 2.24) is 75.5 Å². The van der Waals surface area contributed by atoms with E-state index in [4.69, 9.17) is 19.9 Å². The molecule has 1 aliphatic heterocycles. The van der Waals surface area contributed by atoms with E-state index in [0.29, 0.717) is 34.1 Å². The largest absolute Gasteiger partial charge is 0.356 e. The first kappa shape index (κ1) is 51.9. The van der Waals surface area contributed by atoms with Crippen LogP contribution in [0.2, 0.25) is 0 Å². The summed E-state index contributed by atoms with van der Waals surface area (Å²) in [6.07, 6.45) is 18.9. The fourth-order valence-electron chi connectivity index (χ4n) is 9.64. The number of H-pyrrole nitrogens is 4. The fourth-order valence-corrected chi connectivity index (χ4v) is 9.64. The van der Waals surface area contributed by atoms with Gasteiger partial charge in [0.1, 0.15) is 22.7 Å². The molecule has 1 aliphatic rings. The van der Waals surface area contributed by atoms with E-state index in [0.717, 1.165) is 114 Å². The van der Waals surface area contributed by atoms with Crippen molar-refractivity contribution < 1.29 is 8.78 Å². The van der Waals surface area contributed by atoms with E-state index in [1.54, 1.807) is 55.1 Å². The van der Waals surface area contributed by atoms with Crippen molar-refractivity contribution in [3.8, 4) is 56.5 Å². The number of imidazole rings is 2. The summed E-state index contributed by atoms with van der Waals surface area (Å²) < 4.78 is 27.0. The van der Waals surface area contributed by atoms with Gasteiger partial charge in [-0.3, -0.25) is 30.0 Å². The standard InChI is InChI=1S/C33H26FN7.C28H23FN8.C2H6/c1-4-21(17-25(5-2)36-20(3)22-9-7-6-8-10-22)27-15-16-28-31(37-27)32(41-40-28)33-38-29-19-35-18-26(30(29)39-33)23-11-13-24(34)14-12-23;29-20-5-3-18(4-6-20)21-14-31-15-24-25(21)34-28(33-24)27-26-23(35-36-27)8-7-22(32-26)19-11-17(12-30-13-19)16-37-9-1-2-10-37;1-2/h4-19,36H,2-3H2,1H3,(H,38,39)(H,40,41);3-8,11-15H,1-2,9-10,16H2,(H,33,34)(H,35,36);1-2H3/b21-4+,25-17+;;. The predicted octanol–water partition coefficient (Wildman–Crippen LogP) is 13.8. The number of rotatable bonds is 13. The summed E-state index contributed by atoms with van der Waals surface area (Å²) in [5.74, 6) is 0.558. The molecule has 0 spiro atoms. The Hall–Kier alpha value is -10.1. The Labute approximate surface area is 459 Å². The Kier molecular flexibility index (Phi) is 15.1. The van der Waals surface area contributed by atoms with E-state index in [1.165, 1.54) is 42.7 Å². The van der Waals surface area contributed by atoms with Gasteiger partial charge in [0.25, 0.3) is 0 Å². The second kappa shape index (κ2) is 23.2. The molecule has 0 saturated carbocycles. The molecule has 17 heteroatoms. The van der Waals surface area contributed by atoms with Gasteiger partial charge in [-0.1, -0.05) is 87.7 Å². The first-order valence-electron chi connectivity index (χ1n) is 26.3. The van der Waals surface area contributed by atoms with Gasteiger partial charge in [0, 0.05) is 59.4 Å². The highest BCUT2D eigenvalue weighted by molar-refractivity contribution is 5.97. The molecule has 0 bridgehead atoms. The number of pyridine rings is 5. The van der Waals surface area contributed by atoms with Gasteiger partial charge in [-0.25, -0.2) is 28.7 Å². The lowest BCUT2D eigenvalue weighted by atomic mass is 10.1. The predicted molar refractivity (Wildman–Crippen MR) is 314 cm³/mol. The maximum absolute atomic E-state index is 13.5. The van der Waals surface area contributed by atoms with E-state index < -0.39 is 0 Å². The zero-order valence-corrected chi connectivity index (χ0v) is 44.3. The van der Waals surface area contributed by atoms with Crippen LogP contribution in [0.3, 0.4) is 0 Å². The highest BCUT2D eigenvalue weighted by Gasteiger charge is 2.20. The van der Waals surface area contributed by atoms with Crippen LogP contribution in [0.25, 0.3) is 112 Å². The minimum Gasteiger partial charge on any atom is -0.356 e. The number of aromatic nitrogens is 13. The first-order chi connectivity index (χ1) is 39.2. The zero-order chi connectivity index (χ0) is 55.1. The van der Waals surface area contributed by atoms with Crippen LogP contribution in [0.4, 0.5) is 8.78 Å². The molecule has 3 aromatic carbocycles. The van der Waals surface area contributed by atoms with Crippen molar-refractivity contribution in [3.63, 3.8) is 0 Å². The number of aromatic amines is 4. The first-order valence-corrected chi connectivity index (χ1v) is 26.3. The van der Waals surface area contributed by atoms with Gasteiger partial charge in [-0.15, -0.1) is 0 Å². The lowest BCUT2D eigenvalue weighted by Crippen LogP contribution is -2.18. The molecular weight excluding hydrogens is 1000 g/mol. The van der Waals surface area contributed by atoms with Gasteiger partial charge in [0.15, 0.2) is 23.0 Å². The van der Waals surface area contributed by atoms with E-state index in [-0.39, 0.29) is 11.6 Å². The molecule has 1 saturated heterocycles. The molecule has 0 aliphatic carbocycles. The average Bonchev–Trinajstić information content (AvgIpc) is 4.41. The van der Waals surface area contributed by atoms with E-state index in [2.05, 4.69) is 74.8 Å². The number of allylic oxidation sites excluding steroid dienone is 4. The molecule has 0 radical (unpaired) electrons. The van der Waals surface area contributed by atoms with Crippen LogP contribution in [0.1, 0.15) is 50.4 Å². The van der Waals surface area contributed by atoms with Gasteiger partial charge in [-0.2, -0.15) is 10.2 Å². The smallest absolute Gasteiger partial charge is 0.161 e. The number of nitrogens with zero attached hydrogens (tertiary/aromatic N) is 10. The van der Waals surface area contributed by atoms with Crippen LogP contribution >= 0.6 is 0 Å². The molecule has 0 amide bonds. The maximum Gasteiger partial charge on any atom is 0.161 e. The third-order valence-electron chi connectivity index (χ3n) is 13.6. The second-order valence-corrected chi connectivity index (χ2v) is 18.8. The highest BCUT2D eigenvalue weighted by atomic mass is 19.1. The number of hydrogen-bond acceptors (Lipinski definition) is 11. The third kappa shape index (κ3) is 10.9. The molecule has 12 aromatic rings. The van der Waals surface area contributed by atoms with Crippen molar-refractivity contribution in [2.24, 2.45) is 0 Å². The summed E-state index contributed by atoms with van der Waals surface area (Å²) in [5, 5.41) is 18.5. The van der Waals surface area contributed by atoms with Crippen LogP contribution in [0.15, 0.2) is 183 Å². The van der Waals surface area contributed by atoms with Crippen LogP contribution in [-0.4, -0.2) is 83.2 Å². The monoisotopic (exact) mass is 1060 g/mol. The lowest BCUT2D eigenvalue weighted by molar-refractivity contribution is 0.331. The minimum atomic E-state index is -0.297. The summed E-state index contributed by atoms with van der Waals surface area (Å²) in [6, 6.07) is 32.5. The van der Waals surface area contributed by atoms with E-state index in [1.807, 2.05) is 99.9 Å². The van der Waals surface area contributed by atoms with E-state index in [9.17, 15) is 8.78 Å². The maximum atomic E-state index is 13.5. The SMILES string of the molecule is C=C/C(=C\C(=C/C)c1ccc2[nH]nc(-c3nc4c(-c5ccc(F)cc5)cncc4[nH]3)c2n1)NC(=C)c1ccccc1.CC.Fc1ccc(-c2cncc3[nH]c(-c4n[nH]c5ccc(-c6cncc(CN7CCCC7)c6)nc45)nc23)cc1. The normalized spacial score (nSPS) is 12.9. The average molecular weight is 1060 g/mol. The van der Waals surface area contributed by atoms with Gasteiger partial charge >= 0.3 is 0 Å². The summed E-state index contributed by atoms with van der Waals surface area (Å²) in [4.78, 5) is 41.9. The Morgan fingerprint density at radius 2 is 1.18 bits per heavy atom. The van der Waals surface area contributed by atoms with Crippen molar-refractivity contribution in [2.75, 3.05) is 13.1 Å². The second-order valence-electron chi connectivity index (χ2n) is 18.8. The van der Waals surface area contributed by atoms with Gasteiger partial charge in [-0.05, 0) is 127 Å². The zero-order valence-electron chi connectivity index (χ0n) is 44.3. The summed E-state index contributed by atoms with van der Waals surface area (Å²) in [6.45, 7) is 17.3. The number of fused-ring (bicyclic) bond motifs is 4. The molecule has 5 N–H and O–H groups in total.